The summed E-state index contributed by atoms with van der Waals surface area (Å²) in [6.45, 7) is 4.48. The van der Waals surface area contributed by atoms with Crippen LogP contribution in [0.4, 0.5) is 0 Å². The molecule has 0 radical (unpaired) electrons. The van der Waals surface area contributed by atoms with E-state index in [-0.39, 0.29) is 5.97 Å². The second-order valence-electron chi connectivity index (χ2n) is 10.1. The van der Waals surface area contributed by atoms with Crippen LogP contribution in [0.5, 0.6) is 5.75 Å². The van der Waals surface area contributed by atoms with Gasteiger partial charge in [-0.15, -0.1) is 0 Å². The van der Waals surface area contributed by atoms with E-state index in [0.717, 1.165) is 24.8 Å². The lowest BCUT2D eigenvalue weighted by Gasteiger charge is -2.54. The Morgan fingerprint density at radius 1 is 0.844 bits per heavy atom. The largest absolute Gasteiger partial charge is 0.423 e. The third-order valence-electron chi connectivity index (χ3n) is 8.06. The molecule has 0 N–H and O–H groups in total. The molecule has 2 nitrogen and oxygen atoms in total. The van der Waals surface area contributed by atoms with Gasteiger partial charge in [-0.2, -0.15) is 0 Å². The summed E-state index contributed by atoms with van der Waals surface area (Å²) in [5.41, 5.74) is 4.98. The fourth-order valence-corrected chi connectivity index (χ4v) is 5.99. The Kier molecular flexibility index (Phi) is 7.18. The van der Waals surface area contributed by atoms with E-state index in [0.29, 0.717) is 16.6 Å². The van der Waals surface area contributed by atoms with E-state index in [1.54, 1.807) is 0 Å². The maximum Gasteiger partial charge on any atom is 0.335 e. The quantitative estimate of drug-likeness (QED) is 0.173. The predicted octanol–water partition coefficient (Wildman–Crippen LogP) is 8.40. The summed E-state index contributed by atoms with van der Waals surface area (Å²) < 4.78 is 5.42. The third-order valence-corrected chi connectivity index (χ3v) is 8.06. The molecule has 2 heteroatoms. The first-order valence-corrected chi connectivity index (χ1v) is 12.7. The molecule has 2 aromatic carbocycles. The fourth-order valence-electron chi connectivity index (χ4n) is 5.99. The van der Waals surface area contributed by atoms with Crippen molar-refractivity contribution in [1.82, 2.24) is 0 Å². The van der Waals surface area contributed by atoms with Crippen LogP contribution in [0.2, 0.25) is 0 Å². The zero-order chi connectivity index (χ0) is 22.4. The molecule has 0 amide bonds. The van der Waals surface area contributed by atoms with E-state index in [1.807, 2.05) is 30.3 Å². The van der Waals surface area contributed by atoms with Crippen molar-refractivity contribution in [3.63, 3.8) is 0 Å². The van der Waals surface area contributed by atoms with E-state index in [2.05, 4.69) is 38.1 Å². The highest BCUT2D eigenvalue weighted by atomic mass is 16.5. The number of fused-ring (bicyclic) bond motifs is 3. The van der Waals surface area contributed by atoms with E-state index >= 15 is 0 Å². The Balaban J connectivity index is 1.37. The number of unbranched alkanes of at least 4 members (excludes halogenated alkanes) is 2. The molecule has 3 fully saturated rings. The van der Waals surface area contributed by atoms with Crippen molar-refractivity contribution in [2.24, 2.45) is 5.41 Å². The third kappa shape index (κ3) is 5.00. The van der Waals surface area contributed by atoms with Gasteiger partial charge in [-0.05, 0) is 91.0 Å². The minimum absolute atomic E-state index is 0.305. The molecule has 0 atom stereocenters. The van der Waals surface area contributed by atoms with Crippen molar-refractivity contribution in [2.75, 3.05) is 0 Å². The van der Waals surface area contributed by atoms with Crippen molar-refractivity contribution < 1.29 is 9.53 Å². The molecule has 0 spiro atoms. The summed E-state index contributed by atoms with van der Waals surface area (Å²) in [6.07, 6.45) is 17.6. The summed E-state index contributed by atoms with van der Waals surface area (Å²) in [7, 11) is 0. The number of benzene rings is 2. The second-order valence-corrected chi connectivity index (χ2v) is 10.1. The predicted molar refractivity (Wildman–Crippen MR) is 133 cm³/mol. The Hall–Kier alpha value is -2.35. The number of hydrogen-bond donors (Lipinski definition) is 0. The van der Waals surface area contributed by atoms with Crippen LogP contribution in [0.1, 0.15) is 90.0 Å². The Morgan fingerprint density at radius 3 is 2.00 bits per heavy atom. The standard InChI is InChI=1S/C30H38O2/c1-3-5-6-7-8-28(31)32-27-15-11-25(12-16-27)24-9-13-26(14-10-24)30-21-18-29(17-4-2,19-22-30)20-23-30/h7-16H,3-6,17-23H2,1-2H3/b8-7+. The lowest BCUT2D eigenvalue weighted by atomic mass is 9.51. The zero-order valence-corrected chi connectivity index (χ0v) is 19.9. The molecule has 0 aliphatic heterocycles. The molecule has 2 aromatic rings. The molecule has 0 heterocycles. The van der Waals surface area contributed by atoms with Crippen LogP contribution < -0.4 is 4.74 Å². The SMILES string of the molecule is CCCC/C=C/C(=O)Oc1ccc(-c2ccc(C34CCC(CCC)(CC3)CC4)cc2)cc1. The lowest BCUT2D eigenvalue weighted by molar-refractivity contribution is -0.129. The van der Waals surface area contributed by atoms with E-state index < -0.39 is 0 Å². The van der Waals surface area contributed by atoms with Gasteiger partial charge in [-0.3, -0.25) is 0 Å². The molecule has 3 aliphatic carbocycles. The van der Waals surface area contributed by atoms with Crippen LogP contribution in [0.3, 0.4) is 0 Å². The number of ether oxygens (including phenoxy) is 1. The number of carbonyl (C=O) groups excluding carboxylic acids is 1. The number of allylic oxidation sites excluding steroid dienone is 1. The van der Waals surface area contributed by atoms with Crippen molar-refractivity contribution in [3.05, 3.63) is 66.2 Å². The van der Waals surface area contributed by atoms with Crippen LogP contribution in [0.15, 0.2) is 60.7 Å². The topological polar surface area (TPSA) is 26.3 Å². The Bertz CT molecular complexity index is 896. The maximum absolute atomic E-state index is 11.9. The lowest BCUT2D eigenvalue weighted by Crippen LogP contribution is -2.44. The molecular weight excluding hydrogens is 392 g/mol. The first-order chi connectivity index (χ1) is 15.6. The average molecular weight is 431 g/mol. The van der Waals surface area contributed by atoms with Gasteiger partial charge in [0.05, 0.1) is 0 Å². The van der Waals surface area contributed by atoms with Gasteiger partial charge in [-0.25, -0.2) is 4.79 Å². The van der Waals surface area contributed by atoms with Crippen LogP contribution in [0.25, 0.3) is 11.1 Å². The first kappa shape index (κ1) is 22.8. The molecule has 3 saturated carbocycles. The summed E-state index contributed by atoms with van der Waals surface area (Å²) in [4.78, 5) is 11.9. The molecule has 5 rings (SSSR count). The Morgan fingerprint density at radius 2 is 1.44 bits per heavy atom. The monoisotopic (exact) mass is 430 g/mol. The molecular formula is C30H38O2. The molecule has 0 saturated heterocycles. The number of esters is 1. The van der Waals surface area contributed by atoms with Crippen LogP contribution in [0, 0.1) is 5.41 Å². The smallest absolute Gasteiger partial charge is 0.335 e. The van der Waals surface area contributed by atoms with Crippen molar-refractivity contribution in [3.8, 4) is 16.9 Å². The minimum Gasteiger partial charge on any atom is -0.423 e. The van der Waals surface area contributed by atoms with Gasteiger partial charge in [-0.1, -0.05) is 75.6 Å². The molecule has 0 unspecified atom stereocenters. The van der Waals surface area contributed by atoms with Gasteiger partial charge >= 0.3 is 5.97 Å². The highest BCUT2D eigenvalue weighted by Gasteiger charge is 2.48. The average Bonchev–Trinajstić information content (AvgIpc) is 2.84. The van der Waals surface area contributed by atoms with Crippen molar-refractivity contribution >= 4 is 5.97 Å². The zero-order valence-electron chi connectivity index (χ0n) is 19.9. The van der Waals surface area contributed by atoms with Gasteiger partial charge in [0.25, 0.3) is 0 Å². The number of rotatable bonds is 9. The van der Waals surface area contributed by atoms with Crippen LogP contribution in [-0.4, -0.2) is 5.97 Å². The number of carbonyl (C=O) groups is 1. The summed E-state index contributed by atoms with van der Waals surface area (Å²) in [6, 6.07) is 17.1. The molecule has 2 bridgehead atoms. The summed E-state index contributed by atoms with van der Waals surface area (Å²) >= 11 is 0. The van der Waals surface area contributed by atoms with Gasteiger partial charge in [0, 0.05) is 6.08 Å². The fraction of sp³-hybridized carbons (Fsp3) is 0.500. The van der Waals surface area contributed by atoms with Crippen LogP contribution >= 0.6 is 0 Å². The van der Waals surface area contributed by atoms with E-state index in [4.69, 9.17) is 4.74 Å². The minimum atomic E-state index is -0.305. The molecule has 3 aliphatic rings. The van der Waals surface area contributed by atoms with Gasteiger partial charge in [0.2, 0.25) is 0 Å². The molecule has 170 valence electrons. The highest BCUT2D eigenvalue weighted by Crippen LogP contribution is 2.59. The van der Waals surface area contributed by atoms with Crippen LogP contribution in [-0.2, 0) is 10.2 Å². The molecule has 0 aromatic heterocycles. The van der Waals surface area contributed by atoms with Gasteiger partial charge in [0.1, 0.15) is 5.75 Å². The Labute approximate surface area is 194 Å². The van der Waals surface area contributed by atoms with E-state index in [1.165, 1.54) is 68.6 Å². The first-order valence-electron chi connectivity index (χ1n) is 12.7. The highest BCUT2D eigenvalue weighted by molar-refractivity contribution is 5.84. The normalized spacial score (nSPS) is 24.7. The maximum atomic E-state index is 11.9. The summed E-state index contributed by atoms with van der Waals surface area (Å²) in [5.74, 6) is 0.287. The molecule has 32 heavy (non-hydrogen) atoms. The van der Waals surface area contributed by atoms with Crippen molar-refractivity contribution in [2.45, 2.75) is 89.9 Å². The van der Waals surface area contributed by atoms with Gasteiger partial charge < -0.3 is 4.74 Å². The number of hydrogen-bond acceptors (Lipinski definition) is 2. The summed E-state index contributed by atoms with van der Waals surface area (Å²) in [5, 5.41) is 0. The second kappa shape index (κ2) is 10.1. The van der Waals surface area contributed by atoms with Crippen molar-refractivity contribution in [1.29, 1.82) is 0 Å². The van der Waals surface area contributed by atoms with E-state index in [9.17, 15) is 4.79 Å². The van der Waals surface area contributed by atoms with Gasteiger partial charge in [0.15, 0.2) is 0 Å².